The topological polar surface area (TPSA) is 97.4 Å². The second-order valence-corrected chi connectivity index (χ2v) is 7.15. The summed E-state index contributed by atoms with van der Waals surface area (Å²) in [7, 11) is -2.50. The molecule has 0 unspecified atom stereocenters. The molecule has 0 aliphatic heterocycles. The molecular weight excluding hydrogens is 342 g/mol. The van der Waals surface area contributed by atoms with E-state index in [4.69, 9.17) is 4.74 Å². The quantitative estimate of drug-likeness (QED) is 0.787. The number of nitrogens with zero attached hydrogens (tertiary/aromatic N) is 1. The third-order valence-electron chi connectivity index (χ3n) is 3.61. The Kier molecular flexibility index (Phi) is 5.97. The van der Waals surface area contributed by atoms with Crippen LogP contribution in [0, 0.1) is 0 Å². The minimum absolute atomic E-state index is 0.0567. The molecule has 134 valence electrons. The zero-order valence-electron chi connectivity index (χ0n) is 14.3. The summed E-state index contributed by atoms with van der Waals surface area (Å²) < 4.78 is 32.9. The molecule has 2 rings (SSSR count). The average molecular weight is 363 g/mol. The molecule has 0 bridgehead atoms. The molecule has 0 fully saturated rings. The van der Waals surface area contributed by atoms with E-state index in [1.807, 2.05) is 13.8 Å². The number of rotatable bonds is 7. The largest absolute Gasteiger partial charge is 0.495 e. The van der Waals surface area contributed by atoms with Crippen LogP contribution in [0.4, 0.5) is 5.69 Å². The van der Waals surface area contributed by atoms with E-state index in [0.717, 1.165) is 6.42 Å². The lowest BCUT2D eigenvalue weighted by atomic mass is 10.2. The molecule has 0 radical (unpaired) electrons. The highest BCUT2D eigenvalue weighted by Gasteiger charge is 2.23. The fraction of sp³-hybridized carbons (Fsp3) is 0.294. The van der Waals surface area contributed by atoms with Gasteiger partial charge in [-0.1, -0.05) is 19.1 Å². The number of sulfonamides is 1. The third-order valence-corrected chi connectivity index (χ3v) is 5.05. The van der Waals surface area contributed by atoms with E-state index in [-0.39, 0.29) is 22.2 Å². The summed E-state index contributed by atoms with van der Waals surface area (Å²) in [4.78, 5) is 16.2. The number of aromatic nitrogens is 1. The molecule has 7 nitrogen and oxygen atoms in total. The number of benzene rings is 1. The molecule has 0 aliphatic rings. The van der Waals surface area contributed by atoms with Gasteiger partial charge in [0.1, 0.15) is 10.6 Å². The molecule has 1 aromatic heterocycles. The maximum Gasteiger partial charge on any atom is 0.262 e. The Morgan fingerprint density at radius 1 is 1.28 bits per heavy atom. The Morgan fingerprint density at radius 2 is 2.00 bits per heavy atom. The number of methoxy groups -OCH3 is 1. The molecule has 0 saturated heterocycles. The van der Waals surface area contributed by atoms with Crippen molar-refractivity contribution in [2.45, 2.75) is 31.2 Å². The van der Waals surface area contributed by atoms with Gasteiger partial charge in [0.15, 0.2) is 0 Å². The lowest BCUT2D eigenvalue weighted by Crippen LogP contribution is -2.33. The zero-order chi connectivity index (χ0) is 18.4. The van der Waals surface area contributed by atoms with Crippen LogP contribution in [0.2, 0.25) is 0 Å². The number of anilines is 1. The summed E-state index contributed by atoms with van der Waals surface area (Å²) in [6, 6.07) is 7.51. The fourth-order valence-electron chi connectivity index (χ4n) is 2.09. The van der Waals surface area contributed by atoms with Crippen LogP contribution in [0.1, 0.15) is 30.6 Å². The van der Waals surface area contributed by atoms with Crippen LogP contribution in [0.3, 0.4) is 0 Å². The molecule has 1 atom stereocenters. The summed E-state index contributed by atoms with van der Waals surface area (Å²) in [5.41, 5.74) is 0.336. The number of nitrogens with one attached hydrogen (secondary N) is 2. The van der Waals surface area contributed by atoms with E-state index in [1.54, 1.807) is 12.1 Å². The predicted molar refractivity (Wildman–Crippen MR) is 95.3 cm³/mol. The highest BCUT2D eigenvalue weighted by molar-refractivity contribution is 7.92. The first-order valence-corrected chi connectivity index (χ1v) is 9.27. The van der Waals surface area contributed by atoms with Crippen molar-refractivity contribution in [3.8, 4) is 5.75 Å². The number of hydrogen-bond acceptors (Lipinski definition) is 5. The summed E-state index contributed by atoms with van der Waals surface area (Å²) in [5, 5.41) is 2.78. The van der Waals surface area contributed by atoms with Crippen LogP contribution in [-0.2, 0) is 10.0 Å². The first-order chi connectivity index (χ1) is 11.9. The standard InChI is InChI=1S/C17H21N3O4S/c1-4-12(2)19-17(21)15-7-5-6-8-16(15)25(22,23)20-13-9-14(24-3)11-18-10-13/h5-12,20H,4H2,1-3H3,(H,19,21)/t12-/m1/s1. The number of ether oxygens (including phenoxy) is 1. The van der Waals surface area contributed by atoms with Gasteiger partial charge in [-0.15, -0.1) is 0 Å². The van der Waals surface area contributed by atoms with E-state index in [9.17, 15) is 13.2 Å². The van der Waals surface area contributed by atoms with Gasteiger partial charge in [0, 0.05) is 12.1 Å². The predicted octanol–water partition coefficient (Wildman–Crippen LogP) is 2.42. The van der Waals surface area contributed by atoms with Crippen LogP contribution in [0.5, 0.6) is 5.75 Å². The van der Waals surface area contributed by atoms with E-state index in [2.05, 4.69) is 15.0 Å². The van der Waals surface area contributed by atoms with Crippen molar-refractivity contribution < 1.29 is 17.9 Å². The smallest absolute Gasteiger partial charge is 0.262 e. The molecule has 0 spiro atoms. The summed E-state index contributed by atoms with van der Waals surface area (Å²) >= 11 is 0. The molecular formula is C17H21N3O4S. The third kappa shape index (κ3) is 4.69. The van der Waals surface area contributed by atoms with Gasteiger partial charge in [0.05, 0.1) is 30.8 Å². The van der Waals surface area contributed by atoms with Crippen LogP contribution in [-0.4, -0.2) is 32.5 Å². The van der Waals surface area contributed by atoms with Gasteiger partial charge in [-0.3, -0.25) is 14.5 Å². The van der Waals surface area contributed by atoms with E-state index < -0.39 is 15.9 Å². The van der Waals surface area contributed by atoms with Crippen molar-refractivity contribution >= 4 is 21.6 Å². The van der Waals surface area contributed by atoms with Gasteiger partial charge in [-0.2, -0.15) is 0 Å². The molecule has 1 heterocycles. The Balaban J connectivity index is 2.34. The van der Waals surface area contributed by atoms with Crippen LogP contribution < -0.4 is 14.8 Å². The van der Waals surface area contributed by atoms with Gasteiger partial charge < -0.3 is 10.1 Å². The van der Waals surface area contributed by atoms with Crippen LogP contribution in [0.15, 0.2) is 47.6 Å². The number of pyridine rings is 1. The molecule has 1 amide bonds. The highest BCUT2D eigenvalue weighted by atomic mass is 32.2. The molecule has 1 aromatic carbocycles. The monoisotopic (exact) mass is 363 g/mol. The Hall–Kier alpha value is -2.61. The van der Waals surface area contributed by atoms with Crippen LogP contribution in [0.25, 0.3) is 0 Å². The highest BCUT2D eigenvalue weighted by Crippen LogP contribution is 2.21. The summed E-state index contributed by atoms with van der Waals surface area (Å²) in [6.07, 6.45) is 3.57. The van der Waals surface area contributed by atoms with Crippen molar-refractivity contribution in [3.63, 3.8) is 0 Å². The van der Waals surface area contributed by atoms with Crippen LogP contribution >= 0.6 is 0 Å². The van der Waals surface area contributed by atoms with E-state index >= 15 is 0 Å². The first-order valence-electron chi connectivity index (χ1n) is 7.79. The number of hydrogen-bond donors (Lipinski definition) is 2. The Morgan fingerprint density at radius 3 is 2.68 bits per heavy atom. The zero-order valence-corrected chi connectivity index (χ0v) is 15.1. The Bertz CT molecular complexity index is 852. The van der Waals surface area contributed by atoms with Gasteiger partial charge >= 0.3 is 0 Å². The van der Waals surface area contributed by atoms with Crippen molar-refractivity contribution in [2.24, 2.45) is 0 Å². The fourth-order valence-corrected chi connectivity index (χ4v) is 3.33. The lowest BCUT2D eigenvalue weighted by Gasteiger charge is -2.15. The normalized spacial score (nSPS) is 12.3. The molecule has 25 heavy (non-hydrogen) atoms. The Labute approximate surface area is 147 Å². The van der Waals surface area contributed by atoms with Gasteiger partial charge in [0.2, 0.25) is 0 Å². The summed E-state index contributed by atoms with van der Waals surface area (Å²) in [6.45, 7) is 3.79. The van der Waals surface area contributed by atoms with Crippen molar-refractivity contribution in [3.05, 3.63) is 48.3 Å². The maximum atomic E-state index is 12.7. The SMILES string of the molecule is CC[C@@H](C)NC(=O)c1ccccc1S(=O)(=O)Nc1cncc(OC)c1. The van der Waals surface area contributed by atoms with E-state index in [0.29, 0.717) is 5.75 Å². The minimum Gasteiger partial charge on any atom is -0.495 e. The van der Waals surface area contributed by atoms with Crippen molar-refractivity contribution in [2.75, 3.05) is 11.8 Å². The van der Waals surface area contributed by atoms with Crippen molar-refractivity contribution in [1.82, 2.24) is 10.3 Å². The summed E-state index contributed by atoms with van der Waals surface area (Å²) in [5.74, 6) is -0.0120. The lowest BCUT2D eigenvalue weighted by molar-refractivity contribution is 0.0936. The molecule has 2 aromatic rings. The number of carbonyl (C=O) groups excluding carboxylic acids is 1. The van der Waals surface area contributed by atoms with Crippen molar-refractivity contribution in [1.29, 1.82) is 0 Å². The first kappa shape index (κ1) is 18.7. The second-order valence-electron chi connectivity index (χ2n) is 5.50. The van der Waals surface area contributed by atoms with E-state index in [1.165, 1.54) is 37.7 Å². The molecule has 8 heteroatoms. The van der Waals surface area contributed by atoms with Gasteiger partial charge in [0.25, 0.3) is 15.9 Å². The molecule has 2 N–H and O–H groups in total. The second kappa shape index (κ2) is 7.98. The molecule has 0 aliphatic carbocycles. The van der Waals surface area contributed by atoms with Gasteiger partial charge in [-0.05, 0) is 25.5 Å². The van der Waals surface area contributed by atoms with Gasteiger partial charge in [-0.25, -0.2) is 8.42 Å². The molecule has 0 saturated carbocycles. The minimum atomic E-state index is -3.96. The average Bonchev–Trinajstić information content (AvgIpc) is 2.61. The number of amides is 1. The number of carbonyl (C=O) groups is 1. The maximum absolute atomic E-state index is 12.7.